The number of tetrazole rings is 1. The quantitative estimate of drug-likeness (QED) is 0.843. The Hall–Kier alpha value is -1.95. The number of benzene rings is 1. The van der Waals surface area contributed by atoms with Crippen molar-refractivity contribution in [1.29, 1.82) is 0 Å². The van der Waals surface area contributed by atoms with Crippen molar-refractivity contribution in [2.75, 3.05) is 32.1 Å². The first-order valence-electron chi connectivity index (χ1n) is 8.78. The molecular formula is C18H28N6. The number of aryl methyl sites for hydroxylation is 1. The summed E-state index contributed by atoms with van der Waals surface area (Å²) in [6.45, 7) is 7.12. The number of hydrogen-bond donors (Lipinski definition) is 0. The van der Waals surface area contributed by atoms with Gasteiger partial charge in [0, 0.05) is 18.6 Å². The van der Waals surface area contributed by atoms with E-state index in [2.05, 4.69) is 77.5 Å². The topological polar surface area (TPSA) is 50.1 Å². The lowest BCUT2D eigenvalue weighted by molar-refractivity contribution is 0.111. The van der Waals surface area contributed by atoms with Crippen LogP contribution in [0.25, 0.3) is 0 Å². The maximum atomic E-state index is 4.29. The second kappa shape index (κ2) is 6.89. The van der Waals surface area contributed by atoms with E-state index < -0.39 is 0 Å². The maximum Gasteiger partial charge on any atom is 0.245 e. The minimum absolute atomic E-state index is 0.311. The van der Waals surface area contributed by atoms with Gasteiger partial charge in [0.15, 0.2) is 0 Å². The van der Waals surface area contributed by atoms with E-state index in [0.717, 1.165) is 31.9 Å². The third-order valence-electron chi connectivity index (χ3n) is 5.51. The van der Waals surface area contributed by atoms with Gasteiger partial charge in [-0.05, 0) is 56.3 Å². The van der Waals surface area contributed by atoms with Crippen LogP contribution in [0.5, 0.6) is 0 Å². The summed E-state index contributed by atoms with van der Waals surface area (Å²) < 4.78 is 1.92. The first-order valence-corrected chi connectivity index (χ1v) is 8.78. The van der Waals surface area contributed by atoms with Gasteiger partial charge in [-0.2, -0.15) is 0 Å². The standard InChI is InChI=1S/C18H28N6/c1-5-18(22(3)4)9-11-23(12-10-18)17-19-20-21-24(17)14-16-8-6-7-15(2)13-16/h6-8,13H,5,9-12,14H2,1-4H3. The lowest BCUT2D eigenvalue weighted by Crippen LogP contribution is -2.52. The van der Waals surface area contributed by atoms with Gasteiger partial charge < -0.3 is 9.80 Å². The Balaban J connectivity index is 1.72. The summed E-state index contributed by atoms with van der Waals surface area (Å²) in [6.07, 6.45) is 3.48. The van der Waals surface area contributed by atoms with E-state index >= 15 is 0 Å². The summed E-state index contributed by atoms with van der Waals surface area (Å²) in [7, 11) is 4.39. The van der Waals surface area contributed by atoms with Gasteiger partial charge in [-0.3, -0.25) is 0 Å². The van der Waals surface area contributed by atoms with Crippen LogP contribution >= 0.6 is 0 Å². The molecule has 6 nitrogen and oxygen atoms in total. The molecule has 1 aliphatic heterocycles. The highest BCUT2D eigenvalue weighted by molar-refractivity contribution is 5.31. The molecule has 0 spiro atoms. The van der Waals surface area contributed by atoms with Crippen LogP contribution in [-0.2, 0) is 6.54 Å². The fourth-order valence-corrected chi connectivity index (χ4v) is 3.75. The lowest BCUT2D eigenvalue weighted by Gasteiger charge is -2.45. The Kier molecular flexibility index (Phi) is 4.85. The van der Waals surface area contributed by atoms with Crippen LogP contribution in [0.2, 0.25) is 0 Å². The second-order valence-corrected chi connectivity index (χ2v) is 7.08. The van der Waals surface area contributed by atoms with Gasteiger partial charge in [0.2, 0.25) is 5.95 Å². The van der Waals surface area contributed by atoms with Crippen molar-refractivity contribution in [3.8, 4) is 0 Å². The van der Waals surface area contributed by atoms with E-state index in [1.165, 1.54) is 17.5 Å². The first-order chi connectivity index (χ1) is 11.5. The van der Waals surface area contributed by atoms with Crippen molar-refractivity contribution >= 4 is 5.95 Å². The summed E-state index contributed by atoms with van der Waals surface area (Å²) in [4.78, 5) is 4.72. The van der Waals surface area contributed by atoms with Crippen LogP contribution in [-0.4, -0.2) is 57.8 Å². The number of hydrogen-bond acceptors (Lipinski definition) is 5. The Morgan fingerprint density at radius 2 is 1.96 bits per heavy atom. The van der Waals surface area contributed by atoms with E-state index in [0.29, 0.717) is 12.1 Å². The molecule has 0 radical (unpaired) electrons. The zero-order valence-electron chi connectivity index (χ0n) is 15.2. The number of nitrogens with zero attached hydrogens (tertiary/aromatic N) is 6. The fraction of sp³-hybridized carbons (Fsp3) is 0.611. The van der Waals surface area contributed by atoms with Crippen molar-refractivity contribution < 1.29 is 0 Å². The first kappa shape index (κ1) is 16.9. The average Bonchev–Trinajstić information content (AvgIpc) is 3.03. The van der Waals surface area contributed by atoms with Gasteiger partial charge in [0.25, 0.3) is 0 Å². The molecule has 0 aliphatic carbocycles. The number of rotatable bonds is 5. The molecule has 3 rings (SSSR count). The van der Waals surface area contributed by atoms with Gasteiger partial charge in [-0.15, -0.1) is 0 Å². The summed E-state index contributed by atoms with van der Waals surface area (Å²) in [6, 6.07) is 8.52. The van der Waals surface area contributed by atoms with E-state index in [-0.39, 0.29) is 0 Å². The molecular weight excluding hydrogens is 300 g/mol. The molecule has 1 fully saturated rings. The van der Waals surface area contributed by atoms with Crippen molar-refractivity contribution in [1.82, 2.24) is 25.1 Å². The van der Waals surface area contributed by atoms with Crippen LogP contribution in [0.3, 0.4) is 0 Å². The molecule has 1 aromatic heterocycles. The molecule has 0 atom stereocenters. The van der Waals surface area contributed by atoms with Crippen molar-refractivity contribution in [3.05, 3.63) is 35.4 Å². The summed E-state index contributed by atoms with van der Waals surface area (Å²) in [5, 5.41) is 12.4. The molecule has 2 aromatic rings. The lowest BCUT2D eigenvalue weighted by atomic mass is 9.84. The molecule has 130 valence electrons. The molecule has 0 unspecified atom stereocenters. The highest BCUT2D eigenvalue weighted by Crippen LogP contribution is 2.31. The van der Waals surface area contributed by atoms with Gasteiger partial charge in [0.1, 0.15) is 0 Å². The molecule has 2 heterocycles. The maximum absolute atomic E-state index is 4.29. The number of anilines is 1. The summed E-state index contributed by atoms with van der Waals surface area (Å²) in [5.41, 5.74) is 2.81. The van der Waals surface area contributed by atoms with E-state index in [4.69, 9.17) is 0 Å². The van der Waals surface area contributed by atoms with Crippen LogP contribution in [0, 0.1) is 6.92 Å². The predicted octanol–water partition coefficient (Wildman–Crippen LogP) is 2.34. The highest BCUT2D eigenvalue weighted by atomic mass is 15.6. The molecule has 1 saturated heterocycles. The SMILES string of the molecule is CCC1(N(C)C)CCN(c2nnnn2Cc2cccc(C)c2)CC1. The Morgan fingerprint density at radius 1 is 1.21 bits per heavy atom. The van der Waals surface area contributed by atoms with Gasteiger partial charge in [-0.1, -0.05) is 41.9 Å². The van der Waals surface area contributed by atoms with Crippen molar-refractivity contribution in [2.45, 2.75) is 45.2 Å². The smallest absolute Gasteiger partial charge is 0.245 e. The highest BCUT2D eigenvalue weighted by Gasteiger charge is 2.36. The van der Waals surface area contributed by atoms with Crippen LogP contribution in [0.15, 0.2) is 24.3 Å². The fourth-order valence-electron chi connectivity index (χ4n) is 3.75. The minimum atomic E-state index is 0.311. The molecule has 1 aliphatic rings. The molecule has 0 amide bonds. The molecule has 0 bridgehead atoms. The van der Waals surface area contributed by atoms with Crippen LogP contribution < -0.4 is 4.90 Å². The third-order valence-corrected chi connectivity index (χ3v) is 5.51. The minimum Gasteiger partial charge on any atom is -0.340 e. The average molecular weight is 328 g/mol. The summed E-state index contributed by atoms with van der Waals surface area (Å²) in [5.74, 6) is 0.889. The van der Waals surface area contributed by atoms with Crippen molar-refractivity contribution in [2.24, 2.45) is 0 Å². The van der Waals surface area contributed by atoms with Gasteiger partial charge >= 0.3 is 0 Å². The van der Waals surface area contributed by atoms with Gasteiger partial charge in [0.05, 0.1) is 6.54 Å². The zero-order valence-corrected chi connectivity index (χ0v) is 15.2. The Labute approximate surface area is 144 Å². The molecule has 6 heteroatoms. The number of piperidine rings is 1. The largest absolute Gasteiger partial charge is 0.340 e. The Bertz CT molecular complexity index is 670. The molecule has 24 heavy (non-hydrogen) atoms. The van der Waals surface area contributed by atoms with Crippen LogP contribution in [0.4, 0.5) is 5.95 Å². The summed E-state index contributed by atoms with van der Waals surface area (Å²) >= 11 is 0. The molecule has 1 aromatic carbocycles. The Morgan fingerprint density at radius 3 is 2.58 bits per heavy atom. The normalized spacial score (nSPS) is 17.5. The number of aromatic nitrogens is 4. The van der Waals surface area contributed by atoms with Crippen molar-refractivity contribution in [3.63, 3.8) is 0 Å². The van der Waals surface area contributed by atoms with Gasteiger partial charge in [-0.25, -0.2) is 4.68 Å². The molecule has 0 N–H and O–H groups in total. The van der Waals surface area contributed by atoms with E-state index in [1.807, 2.05) is 4.68 Å². The third kappa shape index (κ3) is 3.29. The van der Waals surface area contributed by atoms with E-state index in [1.54, 1.807) is 0 Å². The van der Waals surface area contributed by atoms with Crippen LogP contribution in [0.1, 0.15) is 37.3 Å². The monoisotopic (exact) mass is 328 g/mol. The predicted molar refractivity (Wildman–Crippen MR) is 96.3 cm³/mol. The zero-order chi connectivity index (χ0) is 17.2. The second-order valence-electron chi connectivity index (χ2n) is 7.08. The van der Waals surface area contributed by atoms with E-state index in [9.17, 15) is 0 Å². The molecule has 0 saturated carbocycles.